The molecule has 0 unspecified atom stereocenters. The number of halogens is 1. The Labute approximate surface area is 168 Å². The molecule has 29 heavy (non-hydrogen) atoms. The molecule has 0 aliphatic carbocycles. The third-order valence-corrected chi connectivity index (χ3v) is 4.47. The highest BCUT2D eigenvalue weighted by atomic mass is 19.1. The van der Waals surface area contributed by atoms with Crippen molar-refractivity contribution in [3.8, 4) is 5.75 Å². The molecule has 0 atom stereocenters. The van der Waals surface area contributed by atoms with E-state index < -0.39 is 11.9 Å². The molecule has 0 aliphatic rings. The SMILES string of the molecule is C=C(C)C(=O)OCCc1ccc2c(c1)c(F)cc1cc(OC(=O)C(=C)C)ccc12. The van der Waals surface area contributed by atoms with Gasteiger partial charge in [-0.05, 0) is 59.8 Å². The maximum atomic E-state index is 14.8. The smallest absolute Gasteiger partial charge is 0.338 e. The monoisotopic (exact) mass is 392 g/mol. The summed E-state index contributed by atoms with van der Waals surface area (Å²) in [6.07, 6.45) is 0.474. The first kappa shape index (κ1) is 20.3. The van der Waals surface area contributed by atoms with E-state index in [-0.39, 0.29) is 18.0 Å². The number of ether oxygens (including phenoxy) is 2. The lowest BCUT2D eigenvalue weighted by Crippen LogP contribution is -2.08. The van der Waals surface area contributed by atoms with Crippen molar-refractivity contribution in [1.82, 2.24) is 0 Å². The largest absolute Gasteiger partial charge is 0.462 e. The zero-order valence-corrected chi connectivity index (χ0v) is 16.4. The van der Waals surface area contributed by atoms with Crippen molar-refractivity contribution < 1.29 is 23.5 Å². The number of carbonyl (C=O) groups is 2. The molecule has 4 nitrogen and oxygen atoms in total. The summed E-state index contributed by atoms with van der Waals surface area (Å²) in [5, 5.41) is 2.70. The topological polar surface area (TPSA) is 52.6 Å². The van der Waals surface area contributed by atoms with Crippen LogP contribution in [0.3, 0.4) is 0 Å². The molecule has 0 aliphatic heterocycles. The van der Waals surface area contributed by atoms with Crippen molar-refractivity contribution in [2.45, 2.75) is 20.3 Å². The zero-order chi connectivity index (χ0) is 21.1. The summed E-state index contributed by atoms with van der Waals surface area (Å²) in [4.78, 5) is 23.2. The zero-order valence-electron chi connectivity index (χ0n) is 16.4. The first-order valence-electron chi connectivity index (χ1n) is 9.11. The minimum Gasteiger partial charge on any atom is -0.462 e. The van der Waals surface area contributed by atoms with Crippen molar-refractivity contribution in [3.63, 3.8) is 0 Å². The highest BCUT2D eigenvalue weighted by molar-refractivity contribution is 6.08. The van der Waals surface area contributed by atoms with E-state index >= 15 is 0 Å². The van der Waals surface area contributed by atoms with Crippen molar-refractivity contribution in [1.29, 1.82) is 0 Å². The van der Waals surface area contributed by atoms with Gasteiger partial charge in [0.25, 0.3) is 0 Å². The summed E-state index contributed by atoms with van der Waals surface area (Å²) in [6.45, 7) is 10.4. The molecule has 0 aromatic heterocycles. The van der Waals surface area contributed by atoms with E-state index in [1.165, 1.54) is 6.07 Å². The fraction of sp³-hybridized carbons (Fsp3) is 0.167. The number of esters is 2. The van der Waals surface area contributed by atoms with Crippen LogP contribution in [0.5, 0.6) is 5.75 Å². The van der Waals surface area contributed by atoms with E-state index in [1.54, 1.807) is 38.1 Å². The van der Waals surface area contributed by atoms with Crippen molar-refractivity contribution in [2.75, 3.05) is 6.61 Å². The van der Waals surface area contributed by atoms with Crippen LogP contribution in [0.4, 0.5) is 4.39 Å². The molecule has 0 heterocycles. The summed E-state index contributed by atoms with van der Waals surface area (Å²) in [7, 11) is 0. The average molecular weight is 392 g/mol. The van der Waals surface area contributed by atoms with Gasteiger partial charge >= 0.3 is 11.9 Å². The van der Waals surface area contributed by atoms with E-state index in [2.05, 4.69) is 13.2 Å². The predicted molar refractivity (Wildman–Crippen MR) is 111 cm³/mol. The van der Waals surface area contributed by atoms with Gasteiger partial charge in [0.15, 0.2) is 0 Å². The van der Waals surface area contributed by atoms with Crippen LogP contribution in [0.1, 0.15) is 19.4 Å². The number of rotatable bonds is 6. The van der Waals surface area contributed by atoms with Gasteiger partial charge in [0, 0.05) is 23.0 Å². The normalized spacial score (nSPS) is 10.7. The van der Waals surface area contributed by atoms with Crippen molar-refractivity contribution in [2.24, 2.45) is 0 Å². The van der Waals surface area contributed by atoms with Crippen LogP contribution < -0.4 is 4.74 Å². The molecule has 0 radical (unpaired) electrons. The molecule has 148 valence electrons. The van der Waals surface area contributed by atoms with Crippen LogP contribution in [-0.2, 0) is 20.7 Å². The Kier molecular flexibility index (Phi) is 5.78. The van der Waals surface area contributed by atoms with Crippen LogP contribution in [-0.4, -0.2) is 18.5 Å². The molecule has 0 saturated heterocycles. The number of carbonyl (C=O) groups excluding carboxylic acids is 2. The molecule has 0 amide bonds. The van der Waals surface area contributed by atoms with E-state index in [4.69, 9.17) is 9.47 Å². The first-order chi connectivity index (χ1) is 13.8. The summed E-state index contributed by atoms with van der Waals surface area (Å²) < 4.78 is 25.1. The van der Waals surface area contributed by atoms with Crippen LogP contribution in [0.15, 0.2) is 66.8 Å². The minimum absolute atomic E-state index is 0.198. The van der Waals surface area contributed by atoms with Gasteiger partial charge in [0.1, 0.15) is 11.6 Å². The van der Waals surface area contributed by atoms with E-state index in [9.17, 15) is 14.0 Å². The molecule has 3 aromatic rings. The molecule has 0 spiro atoms. The molecule has 0 N–H and O–H groups in total. The van der Waals surface area contributed by atoms with Crippen molar-refractivity contribution in [3.05, 3.63) is 78.1 Å². The second-order valence-corrected chi connectivity index (χ2v) is 6.96. The number of benzene rings is 3. The first-order valence-corrected chi connectivity index (χ1v) is 9.11. The molecule has 5 heteroatoms. The molecule has 3 rings (SSSR count). The second-order valence-electron chi connectivity index (χ2n) is 6.96. The average Bonchev–Trinajstić information content (AvgIpc) is 2.67. The summed E-state index contributed by atoms with van der Waals surface area (Å²) >= 11 is 0. The summed E-state index contributed by atoms with van der Waals surface area (Å²) in [6, 6.07) is 12.0. The Balaban J connectivity index is 1.89. The van der Waals surface area contributed by atoms with Gasteiger partial charge in [-0.15, -0.1) is 0 Å². The fourth-order valence-electron chi connectivity index (χ4n) is 2.94. The summed E-state index contributed by atoms with van der Waals surface area (Å²) in [5.41, 5.74) is 1.49. The van der Waals surface area contributed by atoms with Crippen molar-refractivity contribution >= 4 is 33.5 Å². The van der Waals surface area contributed by atoms with Gasteiger partial charge in [-0.1, -0.05) is 31.4 Å². The van der Waals surface area contributed by atoms with Crippen LogP contribution in [0, 0.1) is 5.82 Å². The Bertz CT molecular complexity index is 1160. The van der Waals surface area contributed by atoms with E-state index in [1.807, 2.05) is 12.1 Å². The third kappa shape index (κ3) is 4.51. The Morgan fingerprint density at radius 2 is 1.59 bits per heavy atom. The molecule has 3 aromatic carbocycles. The molecule has 0 saturated carbocycles. The van der Waals surface area contributed by atoms with Gasteiger partial charge in [-0.3, -0.25) is 0 Å². The second kappa shape index (κ2) is 8.27. The molecule has 0 bridgehead atoms. The van der Waals surface area contributed by atoms with Gasteiger partial charge in [0.05, 0.1) is 6.61 Å². The standard InChI is InChI=1S/C24H21FO4/c1-14(2)23(26)28-10-9-16-5-7-20-19-8-6-18(29-24(27)15(3)4)12-17(19)13-22(25)21(20)11-16/h5-8,11-13H,1,3,9-10H2,2,4H3. The van der Waals surface area contributed by atoms with E-state index in [0.717, 1.165) is 16.3 Å². The lowest BCUT2D eigenvalue weighted by atomic mass is 9.98. The van der Waals surface area contributed by atoms with Gasteiger partial charge in [-0.2, -0.15) is 0 Å². The molecular formula is C24H21FO4. The fourth-order valence-corrected chi connectivity index (χ4v) is 2.94. The lowest BCUT2D eigenvalue weighted by molar-refractivity contribution is -0.138. The van der Waals surface area contributed by atoms with Gasteiger partial charge in [0.2, 0.25) is 0 Å². The Morgan fingerprint density at radius 3 is 2.28 bits per heavy atom. The van der Waals surface area contributed by atoms with E-state index in [0.29, 0.717) is 28.5 Å². The number of fused-ring (bicyclic) bond motifs is 3. The molecular weight excluding hydrogens is 371 g/mol. The molecule has 0 fully saturated rings. The maximum absolute atomic E-state index is 14.8. The highest BCUT2D eigenvalue weighted by Crippen LogP contribution is 2.31. The highest BCUT2D eigenvalue weighted by Gasteiger charge is 2.11. The number of hydrogen-bond donors (Lipinski definition) is 0. The summed E-state index contributed by atoms with van der Waals surface area (Å²) in [5.74, 6) is -1.01. The minimum atomic E-state index is -0.525. The quantitative estimate of drug-likeness (QED) is 0.248. The van der Waals surface area contributed by atoms with Crippen LogP contribution in [0.2, 0.25) is 0 Å². The number of hydrogen-bond acceptors (Lipinski definition) is 4. The maximum Gasteiger partial charge on any atom is 0.338 e. The van der Waals surface area contributed by atoms with Gasteiger partial charge in [-0.25, -0.2) is 14.0 Å². The van der Waals surface area contributed by atoms with Crippen LogP contribution >= 0.6 is 0 Å². The predicted octanol–water partition coefficient (Wildman–Crippen LogP) is 5.28. The Morgan fingerprint density at radius 1 is 0.897 bits per heavy atom. The van der Waals surface area contributed by atoms with Crippen LogP contribution in [0.25, 0.3) is 21.5 Å². The third-order valence-electron chi connectivity index (χ3n) is 4.47. The lowest BCUT2D eigenvalue weighted by Gasteiger charge is -2.10. The Hall–Kier alpha value is -3.47. The van der Waals surface area contributed by atoms with Gasteiger partial charge < -0.3 is 9.47 Å².